The highest BCUT2D eigenvalue weighted by atomic mass is 79.9. The van der Waals surface area contributed by atoms with Crippen molar-refractivity contribution in [3.63, 3.8) is 0 Å². The molecule has 4 heteroatoms. The summed E-state index contributed by atoms with van der Waals surface area (Å²) in [7, 11) is 0. The highest BCUT2D eigenvalue weighted by molar-refractivity contribution is 9.10. The van der Waals surface area contributed by atoms with E-state index >= 15 is 0 Å². The number of rotatable bonds is 3. The van der Waals surface area contributed by atoms with Crippen LogP contribution in [0.2, 0.25) is 0 Å². The van der Waals surface area contributed by atoms with Crippen LogP contribution in [0.3, 0.4) is 0 Å². The average molecular weight is 277 g/mol. The number of benzene rings is 1. The first-order valence-electron chi connectivity index (χ1n) is 4.51. The second-order valence-electron chi connectivity index (χ2n) is 3.48. The average Bonchev–Trinajstić information content (AvgIpc) is 2.13. The highest BCUT2D eigenvalue weighted by Gasteiger charge is 2.15. The van der Waals surface area contributed by atoms with E-state index < -0.39 is 16.5 Å². The molecule has 0 bridgehead atoms. The van der Waals surface area contributed by atoms with Gasteiger partial charge in [-0.2, -0.15) is 0 Å². The molecule has 0 saturated carbocycles. The first kappa shape index (κ1) is 12.3. The Hall–Kier alpha value is -0.770. The predicted molar refractivity (Wildman–Crippen MR) is 58.2 cm³/mol. The normalized spacial score (nSPS) is 12.6. The number of alkyl halides is 1. The lowest BCUT2D eigenvalue weighted by Crippen LogP contribution is -2.14. The summed E-state index contributed by atoms with van der Waals surface area (Å²) < 4.78 is 26.5. The summed E-state index contributed by atoms with van der Waals surface area (Å²) in [5, 5.41) is 0. The molecule has 1 aromatic carbocycles. The van der Waals surface area contributed by atoms with Crippen molar-refractivity contribution in [3.05, 3.63) is 34.9 Å². The number of carbonyl (C=O) groups excluding carboxylic acids is 1. The van der Waals surface area contributed by atoms with Crippen LogP contribution >= 0.6 is 15.9 Å². The zero-order valence-electron chi connectivity index (χ0n) is 8.48. The minimum atomic E-state index is -0.473. The molecule has 0 amide bonds. The van der Waals surface area contributed by atoms with Crippen molar-refractivity contribution in [2.24, 2.45) is 0 Å². The molecule has 0 heterocycles. The van der Waals surface area contributed by atoms with E-state index in [1.807, 2.05) is 0 Å². The third kappa shape index (κ3) is 3.09. The summed E-state index contributed by atoms with van der Waals surface area (Å²) in [5.41, 5.74) is 0.486. The number of hydrogen-bond donors (Lipinski definition) is 0. The molecule has 0 N–H and O–H groups in total. The van der Waals surface area contributed by atoms with Crippen molar-refractivity contribution in [3.8, 4) is 0 Å². The Kier molecular flexibility index (Phi) is 3.97. The van der Waals surface area contributed by atoms with Crippen molar-refractivity contribution in [2.75, 3.05) is 0 Å². The maximum absolute atomic E-state index is 13.4. The van der Waals surface area contributed by atoms with E-state index in [0.717, 1.165) is 12.1 Å². The summed E-state index contributed by atoms with van der Waals surface area (Å²) in [6.07, 6.45) is 0.165. The Balaban J connectivity index is 2.95. The molecule has 15 heavy (non-hydrogen) atoms. The lowest BCUT2D eigenvalue weighted by Gasteiger charge is -2.08. The molecule has 0 fully saturated rings. The van der Waals surface area contributed by atoms with Crippen LogP contribution in [0.5, 0.6) is 0 Å². The molecule has 1 aromatic rings. The summed E-state index contributed by atoms with van der Waals surface area (Å²) in [6.45, 7) is 2.90. The van der Waals surface area contributed by atoms with E-state index in [-0.39, 0.29) is 23.3 Å². The van der Waals surface area contributed by atoms with Gasteiger partial charge in [-0.15, -0.1) is 0 Å². The maximum atomic E-state index is 13.4. The quantitative estimate of drug-likeness (QED) is 0.775. The fourth-order valence-electron chi connectivity index (χ4n) is 1.18. The van der Waals surface area contributed by atoms with E-state index in [1.54, 1.807) is 0 Å². The Labute approximate surface area is 95.6 Å². The van der Waals surface area contributed by atoms with Crippen molar-refractivity contribution >= 4 is 21.7 Å². The molecule has 0 aliphatic rings. The predicted octanol–water partition coefficient (Wildman–Crippen LogP) is 3.17. The van der Waals surface area contributed by atoms with E-state index in [1.165, 1.54) is 13.8 Å². The molecule has 82 valence electrons. The molecular weight excluding hydrogens is 266 g/mol. The first-order chi connectivity index (χ1) is 6.91. The van der Waals surface area contributed by atoms with Crippen LogP contribution in [0.25, 0.3) is 0 Å². The van der Waals surface area contributed by atoms with Gasteiger partial charge in [0.25, 0.3) is 0 Å². The van der Waals surface area contributed by atoms with Crippen molar-refractivity contribution in [1.82, 2.24) is 0 Å². The van der Waals surface area contributed by atoms with Crippen LogP contribution in [-0.2, 0) is 11.2 Å². The topological polar surface area (TPSA) is 17.1 Å². The fraction of sp³-hybridized carbons (Fsp3) is 0.364. The van der Waals surface area contributed by atoms with Crippen LogP contribution in [0, 0.1) is 18.6 Å². The van der Waals surface area contributed by atoms with Crippen LogP contribution in [0.4, 0.5) is 8.78 Å². The fourth-order valence-corrected chi connectivity index (χ4v) is 1.53. The SMILES string of the molecule is CC(=O)C(Br)Cc1cc(F)c(C)cc1F. The Morgan fingerprint density at radius 1 is 1.40 bits per heavy atom. The van der Waals surface area contributed by atoms with Crippen LogP contribution in [0.15, 0.2) is 12.1 Å². The Morgan fingerprint density at radius 3 is 2.53 bits per heavy atom. The van der Waals surface area contributed by atoms with Gasteiger partial charge in [0.15, 0.2) is 0 Å². The van der Waals surface area contributed by atoms with E-state index in [9.17, 15) is 13.6 Å². The zero-order valence-corrected chi connectivity index (χ0v) is 10.1. The van der Waals surface area contributed by atoms with Gasteiger partial charge in [0.1, 0.15) is 17.4 Å². The van der Waals surface area contributed by atoms with Gasteiger partial charge in [-0.25, -0.2) is 8.78 Å². The number of hydrogen-bond acceptors (Lipinski definition) is 1. The molecule has 1 nitrogen and oxygen atoms in total. The third-order valence-corrected chi connectivity index (χ3v) is 3.14. The molecule has 0 radical (unpaired) electrons. The van der Waals surface area contributed by atoms with Gasteiger partial charge in [-0.1, -0.05) is 15.9 Å². The number of carbonyl (C=O) groups is 1. The summed E-state index contributed by atoms with van der Waals surface area (Å²) in [5.74, 6) is -1.02. The molecule has 0 aromatic heterocycles. The first-order valence-corrected chi connectivity index (χ1v) is 5.42. The van der Waals surface area contributed by atoms with Crippen molar-refractivity contribution in [1.29, 1.82) is 0 Å². The number of Topliss-reactive ketones (excluding diaryl/α,β-unsaturated/α-hetero) is 1. The third-order valence-electron chi connectivity index (χ3n) is 2.17. The van der Waals surface area contributed by atoms with Crippen molar-refractivity contribution in [2.45, 2.75) is 25.1 Å². The molecule has 1 unspecified atom stereocenters. The summed E-state index contributed by atoms with van der Waals surface area (Å²) >= 11 is 3.12. The van der Waals surface area contributed by atoms with Crippen LogP contribution in [0.1, 0.15) is 18.1 Å². The lowest BCUT2D eigenvalue weighted by atomic mass is 10.1. The van der Waals surface area contributed by atoms with Gasteiger partial charge >= 0.3 is 0 Å². The largest absolute Gasteiger partial charge is 0.299 e. The number of aryl methyl sites for hydroxylation is 1. The molecule has 1 atom stereocenters. The maximum Gasteiger partial charge on any atom is 0.143 e. The number of halogens is 3. The minimum absolute atomic E-state index is 0.101. The molecular formula is C11H11BrF2O. The van der Waals surface area contributed by atoms with Gasteiger partial charge in [-0.3, -0.25) is 4.79 Å². The second-order valence-corrected chi connectivity index (χ2v) is 4.58. The summed E-state index contributed by atoms with van der Waals surface area (Å²) in [4.78, 5) is 10.5. The van der Waals surface area contributed by atoms with Gasteiger partial charge < -0.3 is 0 Å². The van der Waals surface area contributed by atoms with E-state index in [2.05, 4.69) is 15.9 Å². The van der Waals surface area contributed by atoms with E-state index in [0.29, 0.717) is 0 Å². The molecule has 0 aliphatic heterocycles. The standard InChI is InChI=1S/C11H11BrF2O/c1-6-3-11(14)8(5-10(6)13)4-9(12)7(2)15/h3,5,9H,4H2,1-2H3. The Bertz CT molecular complexity index is 390. The van der Waals surface area contributed by atoms with Crippen LogP contribution in [-0.4, -0.2) is 10.6 Å². The molecule has 0 saturated heterocycles. The number of ketones is 1. The molecule has 1 rings (SSSR count). The lowest BCUT2D eigenvalue weighted by molar-refractivity contribution is -0.116. The molecule has 0 spiro atoms. The van der Waals surface area contributed by atoms with Crippen LogP contribution < -0.4 is 0 Å². The van der Waals surface area contributed by atoms with E-state index in [4.69, 9.17) is 0 Å². The minimum Gasteiger partial charge on any atom is -0.299 e. The van der Waals surface area contributed by atoms with Crippen molar-refractivity contribution < 1.29 is 13.6 Å². The van der Waals surface area contributed by atoms with Gasteiger partial charge in [0.05, 0.1) is 4.83 Å². The second kappa shape index (κ2) is 4.84. The monoisotopic (exact) mass is 276 g/mol. The Morgan fingerprint density at radius 2 is 2.00 bits per heavy atom. The van der Waals surface area contributed by atoms with Gasteiger partial charge in [-0.05, 0) is 43.5 Å². The zero-order chi connectivity index (χ0) is 11.6. The van der Waals surface area contributed by atoms with Gasteiger partial charge in [0.2, 0.25) is 0 Å². The highest BCUT2D eigenvalue weighted by Crippen LogP contribution is 2.18. The summed E-state index contributed by atoms with van der Waals surface area (Å²) in [6, 6.07) is 2.28. The van der Waals surface area contributed by atoms with Gasteiger partial charge in [0, 0.05) is 0 Å². The smallest absolute Gasteiger partial charge is 0.143 e. The molecule has 0 aliphatic carbocycles.